The van der Waals surface area contributed by atoms with Crippen molar-refractivity contribution >= 4 is 0 Å². The smallest absolute Gasteiger partial charge is 0.0234 e. The molecule has 0 fully saturated rings. The summed E-state index contributed by atoms with van der Waals surface area (Å²) in [4.78, 5) is 0. The zero-order valence-electron chi connectivity index (χ0n) is 8.10. The van der Waals surface area contributed by atoms with Crippen LogP contribution in [0.4, 0.5) is 0 Å². The highest BCUT2D eigenvalue weighted by atomic mass is 14.1. The summed E-state index contributed by atoms with van der Waals surface area (Å²) in [5.41, 5.74) is 0. The predicted octanol–water partition coefficient (Wildman–Crippen LogP) is 4.13. The molecule has 1 aliphatic carbocycles. The molecular weight excluding hydrogens is 144 g/mol. The Hall–Kier alpha value is -0.260. The number of rotatable bonds is 1. The van der Waals surface area contributed by atoms with Crippen LogP contribution in [0.2, 0.25) is 0 Å². The number of hydrogen-bond acceptors (Lipinski definition) is 0. The molecule has 0 aliphatic heterocycles. The second-order valence-electron chi connectivity index (χ2n) is 3.82. The van der Waals surface area contributed by atoms with Crippen molar-refractivity contribution in [1.29, 1.82) is 0 Å². The maximum absolute atomic E-state index is 3.98. The largest absolute Gasteiger partial charge is 0.0883 e. The minimum atomic E-state index is 0.767. The molecule has 1 unspecified atom stereocenters. The first-order chi connectivity index (χ1) is 5.93. The molecule has 0 amide bonds. The quantitative estimate of drug-likeness (QED) is 0.512. The van der Waals surface area contributed by atoms with Crippen LogP contribution in [0.3, 0.4) is 0 Å². The summed E-state index contributed by atoms with van der Waals surface area (Å²) in [6, 6.07) is 0. The van der Waals surface area contributed by atoms with E-state index in [1.165, 1.54) is 44.9 Å². The van der Waals surface area contributed by atoms with Crippen molar-refractivity contribution in [2.75, 3.05) is 0 Å². The van der Waals surface area contributed by atoms with Gasteiger partial charge in [-0.2, -0.15) is 0 Å². The Labute approximate surface area is 77.1 Å². The lowest BCUT2D eigenvalue weighted by atomic mass is 9.95. The van der Waals surface area contributed by atoms with E-state index in [2.05, 4.69) is 19.1 Å². The molecule has 0 nitrogen and oxygen atoms in total. The van der Waals surface area contributed by atoms with Gasteiger partial charge in [-0.1, -0.05) is 44.8 Å². The Kier molecular flexibility index (Phi) is 5.14. The molecule has 0 aromatic rings. The van der Waals surface area contributed by atoms with Crippen LogP contribution in [0, 0.1) is 12.8 Å². The second-order valence-corrected chi connectivity index (χ2v) is 3.82. The Balaban J connectivity index is 2.31. The van der Waals surface area contributed by atoms with Crippen molar-refractivity contribution in [1.82, 2.24) is 0 Å². The fraction of sp³-hybridized carbons (Fsp3) is 0.750. The van der Waals surface area contributed by atoms with Crippen LogP contribution in [0.15, 0.2) is 12.2 Å². The van der Waals surface area contributed by atoms with E-state index in [1.807, 2.05) is 0 Å². The fourth-order valence-corrected chi connectivity index (χ4v) is 1.82. The van der Waals surface area contributed by atoms with Gasteiger partial charge >= 0.3 is 0 Å². The van der Waals surface area contributed by atoms with E-state index in [9.17, 15) is 0 Å². The van der Waals surface area contributed by atoms with Crippen molar-refractivity contribution in [3.8, 4) is 0 Å². The highest BCUT2D eigenvalue weighted by Crippen LogP contribution is 2.18. The van der Waals surface area contributed by atoms with Crippen molar-refractivity contribution in [2.45, 2.75) is 51.4 Å². The first kappa shape index (κ1) is 9.83. The van der Waals surface area contributed by atoms with Gasteiger partial charge in [0.05, 0.1) is 0 Å². The zero-order valence-corrected chi connectivity index (χ0v) is 8.10. The SMILES string of the molecule is [CH2]CC1C=CCCCCCCC1. The third-order valence-corrected chi connectivity index (χ3v) is 2.72. The lowest BCUT2D eigenvalue weighted by molar-refractivity contribution is 0.514. The van der Waals surface area contributed by atoms with E-state index in [4.69, 9.17) is 0 Å². The van der Waals surface area contributed by atoms with Gasteiger partial charge in [0.1, 0.15) is 0 Å². The molecule has 0 heterocycles. The van der Waals surface area contributed by atoms with Gasteiger partial charge in [-0.25, -0.2) is 0 Å². The van der Waals surface area contributed by atoms with Gasteiger partial charge in [0.15, 0.2) is 0 Å². The lowest BCUT2D eigenvalue weighted by Crippen LogP contribution is -1.95. The van der Waals surface area contributed by atoms with E-state index in [-0.39, 0.29) is 0 Å². The molecule has 1 atom stereocenters. The van der Waals surface area contributed by atoms with E-state index in [0.29, 0.717) is 0 Å². The minimum absolute atomic E-state index is 0.767. The van der Waals surface area contributed by atoms with Crippen LogP contribution in [0.1, 0.15) is 51.4 Å². The third-order valence-electron chi connectivity index (χ3n) is 2.72. The van der Waals surface area contributed by atoms with Crippen LogP contribution in [-0.4, -0.2) is 0 Å². The Bertz CT molecular complexity index is 124. The molecule has 12 heavy (non-hydrogen) atoms. The molecule has 1 rings (SSSR count). The van der Waals surface area contributed by atoms with Gasteiger partial charge in [0.2, 0.25) is 0 Å². The van der Waals surface area contributed by atoms with Crippen LogP contribution in [0.5, 0.6) is 0 Å². The monoisotopic (exact) mass is 165 g/mol. The molecule has 0 aromatic heterocycles. The van der Waals surface area contributed by atoms with Gasteiger partial charge in [-0.05, 0) is 31.6 Å². The van der Waals surface area contributed by atoms with E-state index < -0.39 is 0 Å². The number of allylic oxidation sites excluding steroid dienone is 2. The first-order valence-corrected chi connectivity index (χ1v) is 5.39. The fourth-order valence-electron chi connectivity index (χ4n) is 1.82. The van der Waals surface area contributed by atoms with Crippen molar-refractivity contribution < 1.29 is 0 Å². The van der Waals surface area contributed by atoms with E-state index >= 15 is 0 Å². The van der Waals surface area contributed by atoms with Crippen molar-refractivity contribution in [2.24, 2.45) is 5.92 Å². The Morgan fingerprint density at radius 3 is 2.67 bits per heavy atom. The van der Waals surface area contributed by atoms with Crippen molar-refractivity contribution in [3.63, 3.8) is 0 Å². The van der Waals surface area contributed by atoms with Crippen LogP contribution in [0.25, 0.3) is 0 Å². The highest BCUT2D eigenvalue weighted by molar-refractivity contribution is 4.89. The second kappa shape index (κ2) is 6.28. The van der Waals surface area contributed by atoms with Crippen LogP contribution < -0.4 is 0 Å². The average molecular weight is 165 g/mol. The Morgan fingerprint density at radius 1 is 1.08 bits per heavy atom. The van der Waals surface area contributed by atoms with Gasteiger partial charge in [-0.3, -0.25) is 0 Å². The summed E-state index contributed by atoms with van der Waals surface area (Å²) < 4.78 is 0. The molecular formula is C12H21. The molecule has 1 radical (unpaired) electrons. The van der Waals surface area contributed by atoms with Crippen LogP contribution in [-0.2, 0) is 0 Å². The summed E-state index contributed by atoms with van der Waals surface area (Å²) in [5, 5.41) is 0. The molecule has 1 aliphatic rings. The minimum Gasteiger partial charge on any atom is -0.0883 e. The molecule has 0 N–H and O–H groups in total. The maximum atomic E-state index is 3.98. The molecule has 0 saturated heterocycles. The Morgan fingerprint density at radius 2 is 1.83 bits per heavy atom. The summed E-state index contributed by atoms with van der Waals surface area (Å²) in [5.74, 6) is 0.767. The molecule has 0 bridgehead atoms. The summed E-state index contributed by atoms with van der Waals surface area (Å²) in [6.07, 6.45) is 15.6. The topological polar surface area (TPSA) is 0 Å². The molecule has 0 aromatic carbocycles. The van der Waals surface area contributed by atoms with Gasteiger partial charge in [0, 0.05) is 0 Å². The van der Waals surface area contributed by atoms with Crippen LogP contribution >= 0.6 is 0 Å². The third kappa shape index (κ3) is 3.94. The zero-order chi connectivity index (χ0) is 8.65. The molecule has 0 saturated carbocycles. The first-order valence-electron chi connectivity index (χ1n) is 5.39. The molecule has 0 heteroatoms. The summed E-state index contributed by atoms with van der Waals surface area (Å²) in [7, 11) is 0. The van der Waals surface area contributed by atoms with Gasteiger partial charge in [-0.15, -0.1) is 0 Å². The van der Waals surface area contributed by atoms with Gasteiger partial charge in [0.25, 0.3) is 0 Å². The van der Waals surface area contributed by atoms with Crippen molar-refractivity contribution in [3.05, 3.63) is 19.1 Å². The molecule has 0 spiro atoms. The maximum Gasteiger partial charge on any atom is -0.0234 e. The highest BCUT2D eigenvalue weighted by Gasteiger charge is 2.02. The number of hydrogen-bond donors (Lipinski definition) is 0. The van der Waals surface area contributed by atoms with E-state index in [1.54, 1.807) is 0 Å². The van der Waals surface area contributed by atoms with Gasteiger partial charge < -0.3 is 0 Å². The normalized spacial score (nSPS) is 26.9. The summed E-state index contributed by atoms with van der Waals surface area (Å²) in [6.45, 7) is 3.98. The standard InChI is InChI=1S/C12H21/c1-2-12-10-8-6-4-3-5-7-9-11-12/h8,10,12H,1-7,9,11H2. The average Bonchev–Trinajstić information content (AvgIpc) is 2.14. The summed E-state index contributed by atoms with van der Waals surface area (Å²) >= 11 is 0. The lowest BCUT2D eigenvalue weighted by Gasteiger charge is -2.11. The molecule has 69 valence electrons. The predicted molar refractivity (Wildman–Crippen MR) is 54.9 cm³/mol. The van der Waals surface area contributed by atoms with E-state index in [0.717, 1.165) is 12.3 Å².